The highest BCUT2D eigenvalue weighted by Gasteiger charge is 2.19. The molecule has 0 atom stereocenters. The molecule has 2 N–H and O–H groups in total. The third-order valence-corrected chi connectivity index (χ3v) is 5.23. The maximum Gasteiger partial charge on any atom is 0.128 e. The van der Waals surface area contributed by atoms with E-state index in [1.54, 1.807) is 0 Å². The second-order valence-electron chi connectivity index (χ2n) is 7.59. The highest BCUT2D eigenvalue weighted by molar-refractivity contribution is 5.80. The minimum atomic E-state index is 0.384. The summed E-state index contributed by atoms with van der Waals surface area (Å²) in [6.45, 7) is 6.79. The van der Waals surface area contributed by atoms with Crippen molar-refractivity contribution in [2.75, 3.05) is 0 Å². The highest BCUT2D eigenvalue weighted by atomic mass is 16.5. The molecule has 0 saturated carbocycles. The van der Waals surface area contributed by atoms with Crippen molar-refractivity contribution in [3.63, 3.8) is 0 Å². The van der Waals surface area contributed by atoms with Crippen LogP contribution in [0.4, 0.5) is 0 Å². The van der Waals surface area contributed by atoms with Gasteiger partial charge in [0.1, 0.15) is 24.0 Å². The Bertz CT molecular complexity index is 1170. The maximum atomic E-state index is 6.09. The molecule has 0 radical (unpaired) electrons. The van der Waals surface area contributed by atoms with Crippen LogP contribution in [0.25, 0.3) is 33.6 Å². The fourth-order valence-corrected chi connectivity index (χ4v) is 3.67. The fraction of sp³-hybridized carbons (Fsp3) is 0.217. The zero-order valence-corrected chi connectivity index (χ0v) is 16.2. The number of nitrogens with zero attached hydrogens (tertiary/aromatic N) is 2. The van der Waals surface area contributed by atoms with Gasteiger partial charge in [0.15, 0.2) is 0 Å². The van der Waals surface area contributed by atoms with Crippen molar-refractivity contribution in [3.05, 3.63) is 66.0 Å². The number of H-pyrrole nitrogens is 2. The van der Waals surface area contributed by atoms with Crippen LogP contribution in [-0.2, 0) is 6.61 Å². The lowest BCUT2D eigenvalue weighted by atomic mass is 9.93. The van der Waals surface area contributed by atoms with Gasteiger partial charge in [0.05, 0.1) is 23.8 Å². The van der Waals surface area contributed by atoms with Crippen LogP contribution in [0.2, 0.25) is 0 Å². The number of hydrogen-bond acceptors (Lipinski definition) is 3. The number of hydrogen-bond donors (Lipinski definition) is 2. The Morgan fingerprint density at radius 2 is 1.61 bits per heavy atom. The molecule has 0 fully saturated rings. The summed E-state index contributed by atoms with van der Waals surface area (Å²) in [4.78, 5) is 15.5. The monoisotopic (exact) mass is 370 g/mol. The van der Waals surface area contributed by atoms with Gasteiger partial charge in [0.2, 0.25) is 0 Å². The lowest BCUT2D eigenvalue weighted by Crippen LogP contribution is -2.05. The largest absolute Gasteiger partial charge is 0.488 e. The summed E-state index contributed by atoms with van der Waals surface area (Å²) >= 11 is 0. The number of aromatic amines is 2. The van der Waals surface area contributed by atoms with Crippen molar-refractivity contribution >= 4 is 0 Å². The molecule has 140 valence electrons. The second kappa shape index (κ2) is 6.37. The van der Waals surface area contributed by atoms with E-state index in [1.165, 1.54) is 11.1 Å². The van der Waals surface area contributed by atoms with E-state index in [1.807, 2.05) is 19.3 Å². The van der Waals surface area contributed by atoms with Crippen molar-refractivity contribution in [2.24, 2.45) is 0 Å². The zero-order valence-electron chi connectivity index (χ0n) is 16.2. The van der Waals surface area contributed by atoms with E-state index in [0.717, 1.165) is 45.5 Å². The molecular weight excluding hydrogens is 348 g/mol. The number of rotatable bonds is 3. The number of nitrogens with one attached hydrogen (secondary N) is 2. The van der Waals surface area contributed by atoms with Crippen LogP contribution in [0.1, 0.15) is 37.0 Å². The molecule has 0 saturated heterocycles. The molecule has 4 aromatic rings. The normalized spacial score (nSPS) is 12.6. The lowest BCUT2D eigenvalue weighted by Gasteiger charge is -2.22. The summed E-state index contributed by atoms with van der Waals surface area (Å²) in [6.07, 6.45) is 3.77. The topological polar surface area (TPSA) is 66.6 Å². The van der Waals surface area contributed by atoms with Crippen molar-refractivity contribution in [3.8, 4) is 39.4 Å². The number of fused-ring (bicyclic) bond motifs is 3. The van der Waals surface area contributed by atoms with Crippen LogP contribution in [0.15, 0.2) is 48.8 Å². The van der Waals surface area contributed by atoms with Gasteiger partial charge >= 0.3 is 0 Å². The molecule has 0 bridgehead atoms. The quantitative estimate of drug-likeness (QED) is 0.503. The molecule has 5 rings (SSSR count). The maximum absolute atomic E-state index is 6.09. The molecule has 5 nitrogen and oxygen atoms in total. The van der Waals surface area contributed by atoms with E-state index in [0.29, 0.717) is 12.5 Å². The number of aryl methyl sites for hydroxylation is 1. The van der Waals surface area contributed by atoms with Gasteiger partial charge < -0.3 is 14.7 Å². The first-order chi connectivity index (χ1) is 13.6. The average Bonchev–Trinajstić information content (AvgIpc) is 3.36. The molecule has 0 spiro atoms. The van der Waals surface area contributed by atoms with E-state index in [4.69, 9.17) is 4.74 Å². The smallest absolute Gasteiger partial charge is 0.128 e. The molecular formula is C23H22N4O. The summed E-state index contributed by atoms with van der Waals surface area (Å²) in [5.74, 6) is 3.21. The molecule has 3 heterocycles. The molecule has 5 heteroatoms. The Kier molecular flexibility index (Phi) is 3.83. The van der Waals surface area contributed by atoms with Gasteiger partial charge in [0.25, 0.3) is 0 Å². The fourth-order valence-electron chi connectivity index (χ4n) is 3.67. The predicted octanol–water partition coefficient (Wildman–Crippen LogP) is 5.46. The number of benzene rings is 2. The van der Waals surface area contributed by atoms with E-state index in [2.05, 4.69) is 70.2 Å². The van der Waals surface area contributed by atoms with E-state index in [9.17, 15) is 0 Å². The molecule has 28 heavy (non-hydrogen) atoms. The molecule has 1 aliphatic heterocycles. The van der Waals surface area contributed by atoms with Gasteiger partial charge in [-0.15, -0.1) is 0 Å². The summed E-state index contributed by atoms with van der Waals surface area (Å²) in [6, 6.07) is 12.9. The predicted molar refractivity (Wildman–Crippen MR) is 110 cm³/mol. The summed E-state index contributed by atoms with van der Waals surface area (Å²) in [5.41, 5.74) is 7.80. The van der Waals surface area contributed by atoms with Crippen molar-refractivity contribution in [1.82, 2.24) is 19.9 Å². The van der Waals surface area contributed by atoms with Crippen LogP contribution in [-0.4, -0.2) is 19.9 Å². The van der Waals surface area contributed by atoms with Crippen molar-refractivity contribution in [1.29, 1.82) is 0 Å². The van der Waals surface area contributed by atoms with Gasteiger partial charge in [-0.3, -0.25) is 0 Å². The summed E-state index contributed by atoms with van der Waals surface area (Å²) in [5, 5.41) is 0. The van der Waals surface area contributed by atoms with E-state index < -0.39 is 0 Å². The van der Waals surface area contributed by atoms with Crippen LogP contribution >= 0.6 is 0 Å². The molecule has 2 aromatic carbocycles. The highest BCUT2D eigenvalue weighted by Crippen LogP contribution is 2.40. The lowest BCUT2D eigenvalue weighted by molar-refractivity contribution is 0.302. The second-order valence-corrected chi connectivity index (χ2v) is 7.59. The molecule has 1 aliphatic rings. The van der Waals surface area contributed by atoms with Crippen LogP contribution in [0, 0.1) is 6.92 Å². The Balaban J connectivity index is 1.51. The third-order valence-electron chi connectivity index (χ3n) is 5.23. The minimum Gasteiger partial charge on any atom is -0.488 e. The number of imidazole rings is 2. The van der Waals surface area contributed by atoms with Gasteiger partial charge in [-0.25, -0.2) is 9.97 Å². The Hall–Kier alpha value is -3.34. The van der Waals surface area contributed by atoms with Gasteiger partial charge in [0, 0.05) is 17.0 Å². The van der Waals surface area contributed by atoms with Crippen LogP contribution in [0.3, 0.4) is 0 Å². The van der Waals surface area contributed by atoms with Gasteiger partial charge in [-0.1, -0.05) is 32.0 Å². The van der Waals surface area contributed by atoms with Crippen molar-refractivity contribution < 1.29 is 4.74 Å². The standard InChI is InChI=1S/C23H22N4O/c1-13(2)23-25-11-21(27-23)15-4-6-18-17(8-15)12-28-22-9-16(5-7-19(18)22)20-10-24-14(3)26-20/h4-11,13H,12H2,1-3H3,(H,24,26)(H,25,27). The van der Waals surface area contributed by atoms with Crippen LogP contribution < -0.4 is 4.74 Å². The average molecular weight is 370 g/mol. The summed E-state index contributed by atoms with van der Waals surface area (Å²) in [7, 11) is 0. The third kappa shape index (κ3) is 2.80. The Labute approximate surface area is 163 Å². The molecule has 0 aliphatic carbocycles. The SMILES string of the molecule is Cc1ncc(-c2ccc3c(c2)OCc2cc(-c4cnc(C(C)C)[nH]4)ccc2-3)[nH]1. The molecule has 2 aromatic heterocycles. The van der Waals surface area contributed by atoms with Gasteiger partial charge in [-0.2, -0.15) is 0 Å². The molecule has 0 unspecified atom stereocenters. The first-order valence-corrected chi connectivity index (χ1v) is 9.56. The van der Waals surface area contributed by atoms with Crippen molar-refractivity contribution in [2.45, 2.75) is 33.3 Å². The first-order valence-electron chi connectivity index (χ1n) is 9.56. The molecule has 0 amide bonds. The summed E-state index contributed by atoms with van der Waals surface area (Å²) < 4.78 is 6.09. The van der Waals surface area contributed by atoms with E-state index >= 15 is 0 Å². The van der Waals surface area contributed by atoms with E-state index in [-0.39, 0.29) is 0 Å². The van der Waals surface area contributed by atoms with Crippen LogP contribution in [0.5, 0.6) is 5.75 Å². The Morgan fingerprint density at radius 3 is 2.32 bits per heavy atom. The number of ether oxygens (including phenoxy) is 1. The zero-order chi connectivity index (χ0) is 19.3. The number of aromatic nitrogens is 4. The first kappa shape index (κ1) is 16.8. The van der Waals surface area contributed by atoms with Gasteiger partial charge in [-0.05, 0) is 41.8 Å². The minimum absolute atomic E-state index is 0.384. The Morgan fingerprint density at radius 1 is 0.893 bits per heavy atom.